The molecule has 0 aromatic heterocycles. The van der Waals surface area contributed by atoms with Crippen molar-refractivity contribution in [3.63, 3.8) is 0 Å². The van der Waals surface area contributed by atoms with Gasteiger partial charge in [-0.2, -0.15) is 18.4 Å². The maximum Gasteiger partial charge on any atom is 0.417 e. The van der Waals surface area contributed by atoms with Gasteiger partial charge in [0, 0.05) is 11.6 Å². The number of alkyl halides is 3. The van der Waals surface area contributed by atoms with E-state index in [0.29, 0.717) is 6.07 Å². The first-order chi connectivity index (χ1) is 12.1. The van der Waals surface area contributed by atoms with E-state index in [1.165, 1.54) is 13.0 Å². The van der Waals surface area contributed by atoms with Gasteiger partial charge in [-0.3, -0.25) is 4.79 Å². The fourth-order valence-electron chi connectivity index (χ4n) is 2.16. The van der Waals surface area contributed by atoms with Crippen molar-refractivity contribution >= 4 is 11.6 Å². The van der Waals surface area contributed by atoms with Gasteiger partial charge >= 0.3 is 6.18 Å². The van der Waals surface area contributed by atoms with Crippen LogP contribution in [-0.4, -0.2) is 29.8 Å². The van der Waals surface area contributed by atoms with E-state index in [2.05, 4.69) is 5.32 Å². The number of nitrogens with one attached hydrogen (secondary N) is 1. The Morgan fingerprint density at radius 2 is 1.96 bits per heavy atom. The summed E-state index contributed by atoms with van der Waals surface area (Å²) in [6, 6.07) is 4.22. The highest BCUT2D eigenvalue weighted by Crippen LogP contribution is 2.33. The number of carbonyl (C=O) groups is 1. The summed E-state index contributed by atoms with van der Waals surface area (Å²) in [6.45, 7) is 1.04. The summed E-state index contributed by atoms with van der Waals surface area (Å²) in [6.07, 6.45) is 2.50. The quantitative estimate of drug-likeness (QED) is 0.812. The van der Waals surface area contributed by atoms with Crippen LogP contribution in [0.1, 0.15) is 18.1 Å². The molecular formula is C18H16F3N2O3. The SMILES string of the molecule is C[C@@](O)(COC[C]1[CH][CH][CH][CH]1)C(=O)Nc1ccc(C#N)c(C(F)(F)F)c1. The Bertz CT molecular complexity index is 690. The highest BCUT2D eigenvalue weighted by atomic mass is 19.4. The summed E-state index contributed by atoms with van der Waals surface area (Å²) in [5, 5.41) is 21.2. The van der Waals surface area contributed by atoms with Crippen molar-refractivity contribution in [1.29, 1.82) is 5.26 Å². The second kappa shape index (κ2) is 8.06. The zero-order chi connectivity index (χ0) is 19.4. The molecule has 1 amide bonds. The van der Waals surface area contributed by atoms with E-state index >= 15 is 0 Å². The smallest absolute Gasteiger partial charge is 0.378 e. The summed E-state index contributed by atoms with van der Waals surface area (Å²) >= 11 is 0. The molecule has 1 aliphatic rings. The van der Waals surface area contributed by atoms with Gasteiger partial charge in [0.25, 0.3) is 5.91 Å². The molecule has 2 N–H and O–H groups in total. The largest absolute Gasteiger partial charge is 0.417 e. The van der Waals surface area contributed by atoms with Gasteiger partial charge in [-0.25, -0.2) is 0 Å². The third-order valence-electron chi connectivity index (χ3n) is 3.58. The van der Waals surface area contributed by atoms with Crippen LogP contribution in [0.15, 0.2) is 18.2 Å². The number of carbonyl (C=O) groups excluding carboxylic acids is 1. The number of hydrogen-bond acceptors (Lipinski definition) is 4. The van der Waals surface area contributed by atoms with Gasteiger partial charge in [0.05, 0.1) is 30.4 Å². The first-order valence-corrected chi connectivity index (χ1v) is 7.57. The number of rotatable bonds is 6. The molecule has 137 valence electrons. The first-order valence-electron chi connectivity index (χ1n) is 7.57. The Morgan fingerprint density at radius 3 is 2.54 bits per heavy atom. The molecule has 2 rings (SSSR count). The Hall–Kier alpha value is -2.11. The third kappa shape index (κ3) is 5.19. The second-order valence-electron chi connectivity index (χ2n) is 5.88. The van der Waals surface area contributed by atoms with Crippen LogP contribution in [0.25, 0.3) is 0 Å². The predicted molar refractivity (Wildman–Crippen MR) is 86.7 cm³/mol. The standard InChI is InChI=1S/C18H16F3N2O3/c1-17(25,11-26-10-12-4-2-3-5-12)16(24)23-14-7-6-13(9-22)15(8-14)18(19,20)21/h2-8,25H,10-11H2,1H3,(H,23,24)/t17-/m1/s1. The lowest BCUT2D eigenvalue weighted by atomic mass is 10.0. The zero-order valence-corrected chi connectivity index (χ0v) is 13.8. The van der Waals surface area contributed by atoms with E-state index in [0.717, 1.165) is 18.1 Å². The molecule has 1 aliphatic carbocycles. The van der Waals surface area contributed by atoms with Crippen molar-refractivity contribution in [3.05, 3.63) is 60.9 Å². The monoisotopic (exact) mass is 365 g/mol. The van der Waals surface area contributed by atoms with Crippen LogP contribution in [-0.2, 0) is 15.7 Å². The molecule has 0 heterocycles. The van der Waals surface area contributed by atoms with E-state index in [1.807, 2.05) is 25.7 Å². The fraction of sp³-hybridized carbons (Fsp3) is 0.278. The first kappa shape index (κ1) is 20.2. The van der Waals surface area contributed by atoms with Gasteiger partial charge in [0.2, 0.25) is 0 Å². The molecule has 5 nitrogen and oxygen atoms in total. The zero-order valence-electron chi connectivity index (χ0n) is 13.8. The van der Waals surface area contributed by atoms with Crippen molar-refractivity contribution < 1.29 is 27.8 Å². The lowest BCUT2D eigenvalue weighted by Gasteiger charge is -2.23. The maximum atomic E-state index is 13.0. The number of ether oxygens (including phenoxy) is 1. The predicted octanol–water partition coefficient (Wildman–Crippen LogP) is 2.69. The maximum absolute atomic E-state index is 13.0. The van der Waals surface area contributed by atoms with Crippen LogP contribution >= 0.6 is 0 Å². The Balaban J connectivity index is 2.00. The third-order valence-corrected chi connectivity index (χ3v) is 3.58. The molecule has 1 aromatic rings. The minimum Gasteiger partial charge on any atom is -0.378 e. The van der Waals surface area contributed by atoms with Gasteiger partial charge < -0.3 is 15.2 Å². The normalized spacial score (nSPS) is 17.5. The summed E-state index contributed by atoms with van der Waals surface area (Å²) in [5.74, 6) is -0.0547. The number of halogens is 3. The minimum atomic E-state index is -4.74. The number of aliphatic hydroxyl groups is 1. The van der Waals surface area contributed by atoms with E-state index in [4.69, 9.17) is 10.00 Å². The molecule has 1 aromatic carbocycles. The van der Waals surface area contributed by atoms with Gasteiger partial charge in [-0.15, -0.1) is 0 Å². The minimum absolute atomic E-state index is 0.183. The van der Waals surface area contributed by atoms with Crippen LogP contribution in [0.5, 0.6) is 0 Å². The van der Waals surface area contributed by atoms with Crippen molar-refractivity contribution in [3.8, 4) is 6.07 Å². The van der Waals surface area contributed by atoms with Crippen LogP contribution < -0.4 is 5.32 Å². The average molecular weight is 365 g/mol. The van der Waals surface area contributed by atoms with E-state index in [1.54, 1.807) is 0 Å². The number of anilines is 1. The topological polar surface area (TPSA) is 82.3 Å². The molecular weight excluding hydrogens is 349 g/mol. The Labute approximate surface area is 149 Å². The molecule has 0 saturated heterocycles. The second-order valence-corrected chi connectivity index (χ2v) is 5.88. The highest BCUT2D eigenvalue weighted by molar-refractivity contribution is 5.97. The number of amides is 1. The molecule has 5 radical (unpaired) electrons. The molecule has 0 bridgehead atoms. The van der Waals surface area contributed by atoms with Gasteiger partial charge in [-0.05, 0) is 50.8 Å². The Kier molecular flexibility index (Phi) is 6.26. The summed E-state index contributed by atoms with van der Waals surface area (Å²) in [7, 11) is 0. The summed E-state index contributed by atoms with van der Waals surface area (Å²) in [5.41, 5.74) is -3.85. The fourth-order valence-corrected chi connectivity index (χ4v) is 2.16. The van der Waals surface area contributed by atoms with E-state index in [9.17, 15) is 23.1 Å². The molecule has 1 atom stereocenters. The molecule has 8 heteroatoms. The lowest BCUT2D eigenvalue weighted by molar-refractivity contribution is -0.139. The molecule has 0 spiro atoms. The molecule has 0 aliphatic heterocycles. The van der Waals surface area contributed by atoms with Crippen molar-refractivity contribution in [2.75, 3.05) is 18.5 Å². The molecule has 1 saturated carbocycles. The van der Waals surface area contributed by atoms with E-state index < -0.39 is 28.8 Å². The number of hydrogen-bond donors (Lipinski definition) is 2. The van der Waals surface area contributed by atoms with Crippen molar-refractivity contribution in [2.45, 2.75) is 18.7 Å². The summed E-state index contributed by atoms with van der Waals surface area (Å²) in [4.78, 5) is 12.2. The Morgan fingerprint density at radius 1 is 1.31 bits per heavy atom. The van der Waals surface area contributed by atoms with Gasteiger partial charge in [0.1, 0.15) is 0 Å². The highest BCUT2D eigenvalue weighted by Gasteiger charge is 2.35. The van der Waals surface area contributed by atoms with Crippen LogP contribution in [0, 0.1) is 42.9 Å². The van der Waals surface area contributed by atoms with Crippen LogP contribution in [0.2, 0.25) is 0 Å². The molecule has 26 heavy (non-hydrogen) atoms. The van der Waals surface area contributed by atoms with Crippen LogP contribution in [0.4, 0.5) is 18.9 Å². The number of benzene rings is 1. The number of nitriles is 1. The van der Waals surface area contributed by atoms with E-state index in [-0.39, 0.29) is 18.9 Å². The lowest BCUT2D eigenvalue weighted by Crippen LogP contribution is -2.44. The van der Waals surface area contributed by atoms with Crippen molar-refractivity contribution in [2.24, 2.45) is 0 Å². The summed E-state index contributed by atoms with van der Waals surface area (Å²) < 4.78 is 44.1. The molecule has 1 fully saturated rings. The average Bonchev–Trinajstić information content (AvgIpc) is 3.07. The van der Waals surface area contributed by atoms with Crippen LogP contribution in [0.3, 0.4) is 0 Å². The number of nitrogens with zero attached hydrogens (tertiary/aromatic N) is 1. The van der Waals surface area contributed by atoms with Gasteiger partial charge in [0.15, 0.2) is 5.60 Å². The molecule has 0 unspecified atom stereocenters. The van der Waals surface area contributed by atoms with Gasteiger partial charge in [-0.1, -0.05) is 0 Å². The van der Waals surface area contributed by atoms with Crippen molar-refractivity contribution in [1.82, 2.24) is 0 Å².